The maximum absolute atomic E-state index is 11.9. The molecule has 0 aliphatic carbocycles. The summed E-state index contributed by atoms with van der Waals surface area (Å²) < 4.78 is 25.7. The van der Waals surface area contributed by atoms with Crippen molar-refractivity contribution in [2.24, 2.45) is 0 Å². The molecule has 1 aromatic heterocycles. The highest BCUT2D eigenvalue weighted by Crippen LogP contribution is 2.30. The molecule has 1 aliphatic heterocycles. The van der Waals surface area contributed by atoms with E-state index in [1.165, 1.54) is 0 Å². The van der Waals surface area contributed by atoms with Gasteiger partial charge in [0, 0.05) is 11.1 Å². The van der Waals surface area contributed by atoms with Gasteiger partial charge in [0.2, 0.25) is 0 Å². The van der Waals surface area contributed by atoms with Crippen molar-refractivity contribution in [3.05, 3.63) is 29.0 Å². The van der Waals surface area contributed by atoms with E-state index in [1.807, 2.05) is 10.6 Å². The molecule has 4 nitrogen and oxygen atoms in total. The van der Waals surface area contributed by atoms with Gasteiger partial charge in [-0.25, -0.2) is 13.4 Å². The van der Waals surface area contributed by atoms with E-state index in [0.717, 1.165) is 17.5 Å². The van der Waals surface area contributed by atoms with E-state index in [-0.39, 0.29) is 23.4 Å². The second-order valence-corrected chi connectivity index (χ2v) is 8.01. The topological polar surface area (TPSA) is 52.0 Å². The number of benzene rings is 1. The van der Waals surface area contributed by atoms with Crippen LogP contribution in [-0.4, -0.2) is 29.5 Å². The zero-order valence-corrected chi connectivity index (χ0v) is 13.0. The molecule has 108 valence electrons. The molecule has 2 aromatic rings. The highest BCUT2D eigenvalue weighted by molar-refractivity contribution is 7.91. The first-order valence-corrected chi connectivity index (χ1v) is 9.16. The molecule has 7 heteroatoms. The zero-order chi connectivity index (χ0) is 14.3. The maximum atomic E-state index is 11.9. The second kappa shape index (κ2) is 5.20. The number of hydrogen-bond donors (Lipinski definition) is 0. The molecule has 0 spiro atoms. The van der Waals surface area contributed by atoms with E-state index in [0.29, 0.717) is 17.3 Å². The van der Waals surface area contributed by atoms with Gasteiger partial charge in [-0.05, 0) is 31.0 Å². The summed E-state index contributed by atoms with van der Waals surface area (Å²) in [6, 6.07) is 5.36. The Hall–Kier alpha value is -0.780. The van der Waals surface area contributed by atoms with E-state index in [2.05, 4.69) is 4.98 Å². The molecule has 1 aromatic carbocycles. The Labute approximate surface area is 127 Å². The monoisotopic (exact) mass is 332 g/mol. The highest BCUT2D eigenvalue weighted by Gasteiger charge is 2.28. The van der Waals surface area contributed by atoms with Crippen LogP contribution in [0.25, 0.3) is 11.0 Å². The fraction of sp³-hybridized carbons (Fsp3) is 0.462. The lowest BCUT2D eigenvalue weighted by Gasteiger charge is -2.25. The van der Waals surface area contributed by atoms with Crippen LogP contribution in [0.3, 0.4) is 0 Å². The SMILES string of the molecule is O=S1(=O)CCCC(n2c(CCl)nc3cc(Cl)ccc32)C1. The first-order chi connectivity index (χ1) is 9.50. The maximum Gasteiger partial charge on any atom is 0.152 e. The van der Waals surface area contributed by atoms with Crippen molar-refractivity contribution < 1.29 is 8.42 Å². The molecular formula is C13H14Cl2N2O2S. The molecule has 0 radical (unpaired) electrons. The summed E-state index contributed by atoms with van der Waals surface area (Å²) in [7, 11) is -2.98. The molecular weight excluding hydrogens is 319 g/mol. The average Bonchev–Trinajstić information content (AvgIpc) is 2.74. The van der Waals surface area contributed by atoms with Gasteiger partial charge >= 0.3 is 0 Å². The van der Waals surface area contributed by atoms with Crippen LogP contribution in [0, 0.1) is 0 Å². The molecule has 2 heterocycles. The number of fused-ring (bicyclic) bond motifs is 1. The van der Waals surface area contributed by atoms with Crippen LogP contribution in [-0.2, 0) is 15.7 Å². The number of halogens is 2. The van der Waals surface area contributed by atoms with Gasteiger partial charge in [-0.15, -0.1) is 11.6 Å². The van der Waals surface area contributed by atoms with Crippen molar-refractivity contribution in [2.75, 3.05) is 11.5 Å². The van der Waals surface area contributed by atoms with Crippen LogP contribution in [0.1, 0.15) is 24.7 Å². The Bertz CT molecular complexity index is 755. The lowest BCUT2D eigenvalue weighted by molar-refractivity contribution is 0.471. The van der Waals surface area contributed by atoms with E-state index < -0.39 is 9.84 Å². The smallest absolute Gasteiger partial charge is 0.152 e. The van der Waals surface area contributed by atoms with Crippen molar-refractivity contribution in [1.29, 1.82) is 0 Å². The minimum absolute atomic E-state index is 0.0892. The van der Waals surface area contributed by atoms with Crippen molar-refractivity contribution in [3.8, 4) is 0 Å². The van der Waals surface area contributed by atoms with Gasteiger partial charge < -0.3 is 4.57 Å². The third-order valence-corrected chi connectivity index (χ3v) is 5.93. The Morgan fingerprint density at radius 1 is 1.40 bits per heavy atom. The number of hydrogen-bond acceptors (Lipinski definition) is 3. The van der Waals surface area contributed by atoms with Crippen LogP contribution < -0.4 is 0 Å². The second-order valence-electron chi connectivity index (χ2n) is 5.08. The lowest BCUT2D eigenvalue weighted by atomic mass is 10.1. The molecule has 1 unspecified atom stereocenters. The molecule has 3 rings (SSSR count). The predicted octanol–water partition coefficient (Wildman–Crippen LogP) is 3.18. The van der Waals surface area contributed by atoms with E-state index >= 15 is 0 Å². The van der Waals surface area contributed by atoms with Gasteiger partial charge in [0.05, 0.1) is 28.4 Å². The van der Waals surface area contributed by atoms with Crippen LogP contribution >= 0.6 is 23.2 Å². The van der Waals surface area contributed by atoms with Crippen molar-refractivity contribution in [2.45, 2.75) is 24.8 Å². The first kappa shape index (κ1) is 14.2. The molecule has 1 fully saturated rings. The normalized spacial score (nSPS) is 22.2. The standard InChI is InChI=1S/C13H14Cl2N2O2S/c14-7-13-16-11-6-9(15)3-4-12(11)17(13)10-2-1-5-20(18,19)8-10/h3-4,6,10H,1-2,5,7-8H2. The van der Waals surface area contributed by atoms with Gasteiger partial charge in [0.25, 0.3) is 0 Å². The minimum atomic E-state index is -2.98. The summed E-state index contributed by atoms with van der Waals surface area (Å²) in [6.45, 7) is 0. The number of sulfone groups is 1. The van der Waals surface area contributed by atoms with E-state index in [1.54, 1.807) is 12.1 Å². The lowest BCUT2D eigenvalue weighted by Crippen LogP contribution is -2.28. The van der Waals surface area contributed by atoms with Crippen LogP contribution in [0.4, 0.5) is 0 Å². The summed E-state index contributed by atoms with van der Waals surface area (Å²) in [5, 5.41) is 0.611. The Morgan fingerprint density at radius 3 is 2.90 bits per heavy atom. The molecule has 1 atom stereocenters. The molecule has 0 saturated carbocycles. The van der Waals surface area contributed by atoms with Gasteiger partial charge in [0.1, 0.15) is 5.82 Å². The summed E-state index contributed by atoms with van der Waals surface area (Å²) in [5.74, 6) is 1.39. The Morgan fingerprint density at radius 2 is 2.20 bits per heavy atom. The molecule has 20 heavy (non-hydrogen) atoms. The number of imidazole rings is 1. The molecule has 1 saturated heterocycles. The van der Waals surface area contributed by atoms with Gasteiger partial charge in [-0.2, -0.15) is 0 Å². The van der Waals surface area contributed by atoms with Crippen LogP contribution in [0.2, 0.25) is 5.02 Å². The van der Waals surface area contributed by atoms with Crippen LogP contribution in [0.15, 0.2) is 18.2 Å². The van der Waals surface area contributed by atoms with Gasteiger partial charge in [-0.1, -0.05) is 11.6 Å². The molecule has 1 aliphatic rings. The van der Waals surface area contributed by atoms with Crippen LogP contribution in [0.5, 0.6) is 0 Å². The number of rotatable bonds is 2. The quantitative estimate of drug-likeness (QED) is 0.793. The minimum Gasteiger partial charge on any atom is -0.323 e. The Kier molecular flexibility index (Phi) is 3.69. The Balaban J connectivity index is 2.14. The number of nitrogens with zero attached hydrogens (tertiary/aromatic N) is 2. The fourth-order valence-electron chi connectivity index (χ4n) is 2.83. The summed E-state index contributed by atoms with van der Waals surface area (Å²) in [5.41, 5.74) is 1.66. The zero-order valence-electron chi connectivity index (χ0n) is 10.7. The third kappa shape index (κ3) is 2.54. The summed E-state index contributed by atoms with van der Waals surface area (Å²) in [4.78, 5) is 4.47. The summed E-state index contributed by atoms with van der Waals surface area (Å²) in [6.07, 6.45) is 1.51. The van der Waals surface area contributed by atoms with E-state index in [4.69, 9.17) is 23.2 Å². The molecule has 0 N–H and O–H groups in total. The van der Waals surface area contributed by atoms with Crippen molar-refractivity contribution in [1.82, 2.24) is 9.55 Å². The van der Waals surface area contributed by atoms with E-state index in [9.17, 15) is 8.42 Å². The van der Waals surface area contributed by atoms with Gasteiger partial charge in [-0.3, -0.25) is 0 Å². The first-order valence-electron chi connectivity index (χ1n) is 6.43. The number of alkyl halides is 1. The summed E-state index contributed by atoms with van der Waals surface area (Å²) >= 11 is 11.9. The highest BCUT2D eigenvalue weighted by atomic mass is 35.5. The largest absolute Gasteiger partial charge is 0.323 e. The molecule has 0 amide bonds. The van der Waals surface area contributed by atoms with Crippen molar-refractivity contribution >= 4 is 44.1 Å². The third-order valence-electron chi connectivity index (χ3n) is 3.65. The average molecular weight is 333 g/mol. The van der Waals surface area contributed by atoms with Gasteiger partial charge in [0.15, 0.2) is 9.84 Å². The fourth-order valence-corrected chi connectivity index (χ4v) is 4.86. The molecule has 0 bridgehead atoms. The number of aromatic nitrogens is 2. The predicted molar refractivity (Wildman–Crippen MR) is 81.2 cm³/mol. The van der Waals surface area contributed by atoms with Crippen molar-refractivity contribution in [3.63, 3.8) is 0 Å².